The lowest BCUT2D eigenvalue weighted by molar-refractivity contribution is -0.130. The molecule has 1 saturated carbocycles. The summed E-state index contributed by atoms with van der Waals surface area (Å²) in [5.74, 6) is 0.993. The Balaban J connectivity index is 1.49. The molecule has 2 amide bonds. The molecule has 120 valence electrons. The molecule has 6 heteroatoms. The minimum Gasteiger partial charge on any atom is -0.355 e. The smallest absolute Gasteiger partial charge is 0.223 e. The molecule has 2 aliphatic rings. The highest BCUT2D eigenvalue weighted by molar-refractivity contribution is 7.09. The zero-order valence-electron chi connectivity index (χ0n) is 13.0. The Morgan fingerprint density at radius 3 is 2.95 bits per heavy atom. The fourth-order valence-electron chi connectivity index (χ4n) is 2.89. The lowest BCUT2D eigenvalue weighted by atomic mass is 9.99. The molecule has 1 unspecified atom stereocenters. The van der Waals surface area contributed by atoms with E-state index in [-0.39, 0.29) is 17.7 Å². The van der Waals surface area contributed by atoms with Gasteiger partial charge in [-0.1, -0.05) is 0 Å². The summed E-state index contributed by atoms with van der Waals surface area (Å²) in [5.41, 5.74) is 1.05. The number of thiazole rings is 1. The maximum Gasteiger partial charge on any atom is 0.223 e. The summed E-state index contributed by atoms with van der Waals surface area (Å²) in [4.78, 5) is 29.7. The molecule has 1 aromatic heterocycles. The minimum absolute atomic E-state index is 0.157. The van der Waals surface area contributed by atoms with Crippen molar-refractivity contribution in [1.82, 2.24) is 15.2 Å². The van der Waals surface area contributed by atoms with Gasteiger partial charge in [0, 0.05) is 50.2 Å². The second kappa shape index (κ2) is 6.77. The third-order valence-corrected chi connectivity index (χ3v) is 5.47. The normalized spacial score (nSPS) is 21.7. The Morgan fingerprint density at radius 1 is 1.41 bits per heavy atom. The lowest BCUT2D eigenvalue weighted by Gasteiger charge is -2.30. The number of hydrogen-bond donors (Lipinski definition) is 1. The van der Waals surface area contributed by atoms with E-state index in [2.05, 4.69) is 10.7 Å². The maximum atomic E-state index is 11.6. The van der Waals surface area contributed by atoms with Crippen molar-refractivity contribution in [3.8, 4) is 0 Å². The van der Waals surface area contributed by atoms with Crippen LogP contribution in [-0.4, -0.2) is 41.3 Å². The average molecular weight is 321 g/mol. The predicted octanol–water partition coefficient (Wildman–Crippen LogP) is 1.94. The molecule has 1 N–H and O–H groups in total. The summed E-state index contributed by atoms with van der Waals surface area (Å²) in [6.45, 7) is 3.97. The molecule has 3 rings (SSSR count). The molecule has 22 heavy (non-hydrogen) atoms. The number of hydrogen-bond acceptors (Lipinski definition) is 4. The highest BCUT2D eigenvalue weighted by Crippen LogP contribution is 2.30. The summed E-state index contributed by atoms with van der Waals surface area (Å²) in [5, 5.41) is 6.20. The SMILES string of the molecule is CC(=O)N1CCCC(c2nc(CCNC(=O)C3CC3)cs2)C1. The van der Waals surface area contributed by atoms with Gasteiger partial charge in [-0.2, -0.15) is 0 Å². The highest BCUT2D eigenvalue weighted by atomic mass is 32.1. The van der Waals surface area contributed by atoms with Crippen molar-refractivity contribution in [3.05, 3.63) is 16.1 Å². The van der Waals surface area contributed by atoms with Gasteiger partial charge in [-0.25, -0.2) is 4.98 Å². The van der Waals surface area contributed by atoms with Crippen molar-refractivity contribution in [2.24, 2.45) is 5.92 Å². The maximum absolute atomic E-state index is 11.6. The van der Waals surface area contributed by atoms with Gasteiger partial charge in [0.1, 0.15) is 0 Å². The largest absolute Gasteiger partial charge is 0.355 e. The van der Waals surface area contributed by atoms with Gasteiger partial charge < -0.3 is 10.2 Å². The fourth-order valence-corrected chi connectivity index (χ4v) is 3.88. The topological polar surface area (TPSA) is 62.3 Å². The third kappa shape index (κ3) is 3.85. The van der Waals surface area contributed by atoms with E-state index < -0.39 is 0 Å². The number of piperidine rings is 1. The van der Waals surface area contributed by atoms with Crippen LogP contribution in [0.25, 0.3) is 0 Å². The van der Waals surface area contributed by atoms with Crippen LogP contribution >= 0.6 is 11.3 Å². The van der Waals surface area contributed by atoms with Gasteiger partial charge >= 0.3 is 0 Å². The molecule has 2 fully saturated rings. The third-order valence-electron chi connectivity index (χ3n) is 4.41. The number of likely N-dealkylation sites (tertiary alicyclic amines) is 1. The predicted molar refractivity (Wildman–Crippen MR) is 85.8 cm³/mol. The number of carbonyl (C=O) groups excluding carboxylic acids is 2. The van der Waals surface area contributed by atoms with Gasteiger partial charge in [0.05, 0.1) is 10.7 Å². The van der Waals surface area contributed by atoms with Crippen LogP contribution in [0, 0.1) is 5.92 Å². The summed E-state index contributed by atoms with van der Waals surface area (Å²) in [6, 6.07) is 0. The van der Waals surface area contributed by atoms with Crippen LogP contribution in [0.15, 0.2) is 5.38 Å². The molecule has 0 radical (unpaired) electrons. The van der Waals surface area contributed by atoms with Crippen LogP contribution in [0.5, 0.6) is 0 Å². The van der Waals surface area contributed by atoms with E-state index in [0.717, 1.165) is 55.9 Å². The number of rotatable bonds is 5. The molecular formula is C16H23N3O2S. The molecule has 1 aromatic rings. The molecule has 0 aromatic carbocycles. The standard InChI is InChI=1S/C16H23N3O2S/c1-11(20)19-8-2-3-13(9-19)16-18-14(10-22-16)6-7-17-15(21)12-4-5-12/h10,12-13H,2-9H2,1H3,(H,17,21). The van der Waals surface area contributed by atoms with Gasteiger partial charge in [0.2, 0.25) is 11.8 Å². The summed E-state index contributed by atoms with van der Waals surface area (Å²) >= 11 is 1.69. The van der Waals surface area contributed by atoms with Crippen LogP contribution in [0.4, 0.5) is 0 Å². The van der Waals surface area contributed by atoms with Crippen molar-refractivity contribution in [2.75, 3.05) is 19.6 Å². The van der Waals surface area contributed by atoms with E-state index >= 15 is 0 Å². The van der Waals surface area contributed by atoms with Crippen LogP contribution in [-0.2, 0) is 16.0 Å². The molecule has 1 aliphatic carbocycles. The molecule has 2 heterocycles. The number of amides is 2. The van der Waals surface area contributed by atoms with Gasteiger partial charge in [0.25, 0.3) is 0 Å². The summed E-state index contributed by atoms with van der Waals surface area (Å²) in [7, 11) is 0. The minimum atomic E-state index is 0.157. The second-order valence-corrected chi connectivity index (χ2v) is 7.19. The Morgan fingerprint density at radius 2 is 2.23 bits per heavy atom. The van der Waals surface area contributed by atoms with E-state index in [9.17, 15) is 9.59 Å². The van der Waals surface area contributed by atoms with Crippen LogP contribution < -0.4 is 5.32 Å². The van der Waals surface area contributed by atoms with E-state index in [1.54, 1.807) is 18.3 Å². The van der Waals surface area contributed by atoms with Crippen LogP contribution in [0.3, 0.4) is 0 Å². The van der Waals surface area contributed by atoms with Gasteiger partial charge in [-0.3, -0.25) is 9.59 Å². The fraction of sp³-hybridized carbons (Fsp3) is 0.688. The van der Waals surface area contributed by atoms with Gasteiger partial charge in [-0.05, 0) is 25.7 Å². The van der Waals surface area contributed by atoms with Crippen molar-refractivity contribution in [1.29, 1.82) is 0 Å². The number of nitrogens with zero attached hydrogens (tertiary/aromatic N) is 2. The van der Waals surface area contributed by atoms with Crippen molar-refractivity contribution in [2.45, 2.75) is 44.9 Å². The zero-order chi connectivity index (χ0) is 15.5. The molecule has 1 aliphatic heterocycles. The Bertz CT molecular complexity index is 553. The summed E-state index contributed by atoms with van der Waals surface area (Å²) < 4.78 is 0. The monoisotopic (exact) mass is 321 g/mol. The van der Waals surface area contributed by atoms with E-state index in [4.69, 9.17) is 4.98 Å². The first-order chi connectivity index (χ1) is 10.6. The Hall–Kier alpha value is -1.43. The van der Waals surface area contributed by atoms with Crippen molar-refractivity contribution in [3.63, 3.8) is 0 Å². The average Bonchev–Trinajstić information content (AvgIpc) is 3.27. The molecule has 5 nitrogen and oxygen atoms in total. The Kier molecular flexibility index (Phi) is 4.76. The molecule has 1 saturated heterocycles. The summed E-state index contributed by atoms with van der Waals surface area (Å²) in [6.07, 6.45) is 5.03. The first-order valence-corrected chi connectivity index (χ1v) is 8.99. The number of carbonyl (C=O) groups is 2. The van der Waals surface area contributed by atoms with Crippen molar-refractivity contribution >= 4 is 23.2 Å². The molecule has 1 atom stereocenters. The van der Waals surface area contributed by atoms with Crippen LogP contribution in [0.1, 0.15) is 49.2 Å². The van der Waals surface area contributed by atoms with Crippen molar-refractivity contribution < 1.29 is 9.59 Å². The van der Waals surface area contributed by atoms with Gasteiger partial charge in [-0.15, -0.1) is 11.3 Å². The number of aromatic nitrogens is 1. The molecule has 0 spiro atoms. The molecular weight excluding hydrogens is 298 g/mol. The quantitative estimate of drug-likeness (QED) is 0.901. The number of nitrogens with one attached hydrogen (secondary N) is 1. The second-order valence-electron chi connectivity index (χ2n) is 6.30. The van der Waals surface area contributed by atoms with E-state index in [1.165, 1.54) is 0 Å². The first-order valence-electron chi connectivity index (χ1n) is 8.11. The van der Waals surface area contributed by atoms with E-state index in [0.29, 0.717) is 12.5 Å². The lowest BCUT2D eigenvalue weighted by Crippen LogP contribution is -2.37. The highest BCUT2D eigenvalue weighted by Gasteiger charge is 2.29. The van der Waals surface area contributed by atoms with E-state index in [1.807, 2.05) is 4.90 Å². The Labute approximate surface area is 135 Å². The molecule has 0 bridgehead atoms. The van der Waals surface area contributed by atoms with Crippen LogP contribution in [0.2, 0.25) is 0 Å². The zero-order valence-corrected chi connectivity index (χ0v) is 13.8. The van der Waals surface area contributed by atoms with Gasteiger partial charge in [0.15, 0.2) is 0 Å². The first kappa shape index (κ1) is 15.5.